The maximum Gasteiger partial charge on any atom is 0.407 e. The highest BCUT2D eigenvalue weighted by atomic mass is 16.7. The first kappa shape index (κ1) is 24.6. The summed E-state index contributed by atoms with van der Waals surface area (Å²) in [6, 6.07) is 5.05. The van der Waals surface area contributed by atoms with Gasteiger partial charge in [-0.3, -0.25) is 10.2 Å². The molecule has 0 aliphatic carbocycles. The van der Waals surface area contributed by atoms with Crippen molar-refractivity contribution in [3.05, 3.63) is 35.4 Å². The van der Waals surface area contributed by atoms with E-state index in [2.05, 4.69) is 15.8 Å². The highest BCUT2D eigenvalue weighted by Gasteiger charge is 2.35. The number of carbonyl (C=O) groups excluding carboxylic acids is 2. The monoisotopic (exact) mass is 449 g/mol. The van der Waals surface area contributed by atoms with E-state index in [1.54, 1.807) is 24.3 Å². The molecular weight excluding hydrogens is 422 g/mol. The Labute approximate surface area is 184 Å². The number of aliphatic hydroxyl groups excluding tert-OH is 1. The van der Waals surface area contributed by atoms with Crippen molar-refractivity contribution in [2.24, 2.45) is 10.9 Å². The number of rotatable bonds is 11. The van der Waals surface area contributed by atoms with Gasteiger partial charge in [-0.05, 0) is 6.42 Å². The molecule has 2 amide bonds. The number of hydrogen-bond donors (Lipinski definition) is 6. The first-order valence-electron chi connectivity index (χ1n) is 10.0. The summed E-state index contributed by atoms with van der Waals surface area (Å²) in [4.78, 5) is 40.3. The van der Waals surface area contributed by atoms with Crippen LogP contribution in [0.15, 0.2) is 29.4 Å². The number of hydrogen-bond acceptors (Lipinski definition) is 8. The minimum Gasteiger partial charge on any atom is -0.480 e. The molecule has 1 heterocycles. The minimum absolute atomic E-state index is 0.0976. The van der Waals surface area contributed by atoms with Crippen molar-refractivity contribution in [3.63, 3.8) is 0 Å². The van der Waals surface area contributed by atoms with Crippen LogP contribution in [0.25, 0.3) is 0 Å². The van der Waals surface area contributed by atoms with Gasteiger partial charge in [-0.15, -0.1) is 0 Å². The van der Waals surface area contributed by atoms with Crippen LogP contribution in [0.4, 0.5) is 4.79 Å². The summed E-state index contributed by atoms with van der Waals surface area (Å²) in [6.45, 7) is 1.71. The summed E-state index contributed by atoms with van der Waals surface area (Å²) in [5.41, 5.74) is 6.68. The number of nitrogen functional groups attached to an aromatic ring is 1. The quantitative estimate of drug-likeness (QED) is 0.153. The van der Waals surface area contributed by atoms with Gasteiger partial charge in [-0.25, -0.2) is 9.59 Å². The van der Waals surface area contributed by atoms with Gasteiger partial charge < -0.3 is 36.2 Å². The van der Waals surface area contributed by atoms with Gasteiger partial charge in [-0.1, -0.05) is 42.8 Å². The van der Waals surface area contributed by atoms with Gasteiger partial charge in [0.25, 0.3) is 0 Å². The molecule has 0 bridgehead atoms. The summed E-state index contributed by atoms with van der Waals surface area (Å²) < 4.78 is 4.85. The zero-order valence-corrected chi connectivity index (χ0v) is 17.5. The Morgan fingerprint density at radius 3 is 2.59 bits per heavy atom. The van der Waals surface area contributed by atoms with Crippen LogP contribution >= 0.6 is 0 Å². The highest BCUT2D eigenvalue weighted by molar-refractivity contribution is 6.05. The number of benzene rings is 1. The molecule has 7 N–H and O–H groups in total. The summed E-state index contributed by atoms with van der Waals surface area (Å²) >= 11 is 0. The second-order valence-electron chi connectivity index (χ2n) is 7.09. The van der Waals surface area contributed by atoms with Gasteiger partial charge in [0, 0.05) is 17.7 Å². The molecule has 0 fully saturated rings. The molecule has 12 nitrogen and oxygen atoms in total. The lowest BCUT2D eigenvalue weighted by Crippen LogP contribution is -2.49. The number of carbonyl (C=O) groups is 3. The number of amidine groups is 1. The van der Waals surface area contributed by atoms with Gasteiger partial charge in [0.05, 0.1) is 13.0 Å². The topological polar surface area (TPSA) is 196 Å². The van der Waals surface area contributed by atoms with Crippen LogP contribution < -0.4 is 16.4 Å². The van der Waals surface area contributed by atoms with Crippen LogP contribution in [0.3, 0.4) is 0 Å². The van der Waals surface area contributed by atoms with Gasteiger partial charge in [0.2, 0.25) is 5.91 Å². The molecule has 0 unspecified atom stereocenters. The minimum atomic E-state index is -1.38. The lowest BCUT2D eigenvalue weighted by molar-refractivity contribution is -0.139. The third-order valence-electron chi connectivity index (χ3n) is 4.62. The standard InChI is InChI=1S/C20H27N5O7/c1-2-3-8-31-20(30)24-13(19(28)29)10-23-15(26)9-14-17(27)16(25-32-14)11-4-6-12(7-5-11)18(21)22/h4-7,13-14,17,27H,2-3,8-10H2,1H3,(H3,21,22)(H,23,26)(H,24,30)(H,28,29)/t13-,14+,17+/m0/s1. The Balaban J connectivity index is 1.84. The van der Waals surface area contributed by atoms with Crippen LogP contribution in [0.5, 0.6) is 0 Å². The van der Waals surface area contributed by atoms with Crippen molar-refractivity contribution >= 4 is 29.5 Å². The van der Waals surface area contributed by atoms with Crippen molar-refractivity contribution in [1.82, 2.24) is 10.6 Å². The molecule has 2 rings (SSSR count). The average molecular weight is 449 g/mol. The molecule has 0 spiro atoms. The molecule has 32 heavy (non-hydrogen) atoms. The Morgan fingerprint density at radius 1 is 1.31 bits per heavy atom. The van der Waals surface area contributed by atoms with Gasteiger partial charge >= 0.3 is 12.1 Å². The molecule has 0 saturated carbocycles. The zero-order chi connectivity index (χ0) is 23.7. The molecule has 0 radical (unpaired) electrons. The lowest BCUT2D eigenvalue weighted by Gasteiger charge is -2.17. The van der Waals surface area contributed by atoms with E-state index < -0.39 is 36.2 Å². The lowest BCUT2D eigenvalue weighted by atomic mass is 9.99. The second kappa shape index (κ2) is 11.6. The Hall–Kier alpha value is -3.67. The van der Waals surface area contributed by atoms with Crippen LogP contribution in [-0.4, -0.2) is 71.1 Å². The summed E-state index contributed by atoms with van der Waals surface area (Å²) in [5, 5.41) is 35.5. The number of amides is 2. The van der Waals surface area contributed by atoms with Crippen molar-refractivity contribution in [2.75, 3.05) is 13.2 Å². The molecule has 0 saturated heterocycles. The van der Waals surface area contributed by atoms with Gasteiger partial charge in [0.15, 0.2) is 6.10 Å². The van der Waals surface area contributed by atoms with E-state index in [1.807, 2.05) is 6.92 Å². The fraction of sp³-hybridized carbons (Fsp3) is 0.450. The SMILES string of the molecule is CCCCOC(=O)N[C@@H](CNC(=O)C[C@H]1ON=C(c2ccc(C(=N)N)cc2)[C@@H]1O)C(=O)O. The number of aliphatic carboxylic acids is 1. The summed E-state index contributed by atoms with van der Waals surface area (Å²) in [6.07, 6.45) is -1.86. The number of oxime groups is 1. The Kier molecular flexibility index (Phi) is 8.95. The van der Waals surface area contributed by atoms with Crippen LogP contribution in [0, 0.1) is 5.41 Å². The normalized spacial score (nSPS) is 18.1. The summed E-state index contributed by atoms with van der Waals surface area (Å²) in [7, 11) is 0. The molecule has 3 atom stereocenters. The number of carboxylic acids is 1. The van der Waals surface area contributed by atoms with Crippen molar-refractivity contribution in [2.45, 2.75) is 44.4 Å². The van der Waals surface area contributed by atoms with Crippen LogP contribution in [0.1, 0.15) is 37.3 Å². The molecular formula is C20H27N5O7. The van der Waals surface area contributed by atoms with Crippen LogP contribution in [-0.2, 0) is 19.2 Å². The Bertz CT molecular complexity index is 872. The van der Waals surface area contributed by atoms with E-state index in [9.17, 15) is 24.6 Å². The third-order valence-corrected chi connectivity index (χ3v) is 4.62. The third kappa shape index (κ3) is 6.94. The molecule has 1 aliphatic rings. The predicted molar refractivity (Wildman–Crippen MR) is 113 cm³/mol. The van der Waals surface area contributed by atoms with Gasteiger partial charge in [-0.2, -0.15) is 0 Å². The van der Waals surface area contributed by atoms with E-state index >= 15 is 0 Å². The number of unbranched alkanes of at least 4 members (excludes halogenated alkanes) is 1. The van der Waals surface area contributed by atoms with E-state index in [0.717, 1.165) is 6.42 Å². The van der Waals surface area contributed by atoms with Crippen molar-refractivity contribution in [3.8, 4) is 0 Å². The molecule has 1 aromatic rings. The van der Waals surface area contributed by atoms with E-state index in [4.69, 9.17) is 20.7 Å². The maximum atomic E-state index is 12.2. The maximum absolute atomic E-state index is 12.2. The molecule has 1 aliphatic heterocycles. The van der Waals surface area contributed by atoms with E-state index in [-0.39, 0.29) is 31.1 Å². The van der Waals surface area contributed by atoms with Crippen molar-refractivity contribution in [1.29, 1.82) is 5.41 Å². The highest BCUT2D eigenvalue weighted by Crippen LogP contribution is 2.20. The number of ether oxygens (including phenoxy) is 1. The van der Waals surface area contributed by atoms with Gasteiger partial charge in [0.1, 0.15) is 23.7 Å². The number of alkyl carbamates (subject to hydrolysis) is 1. The zero-order valence-electron chi connectivity index (χ0n) is 17.5. The van der Waals surface area contributed by atoms with E-state index in [0.29, 0.717) is 17.5 Å². The second-order valence-corrected chi connectivity index (χ2v) is 7.09. The first-order chi connectivity index (χ1) is 15.2. The molecule has 1 aromatic carbocycles. The fourth-order valence-corrected chi connectivity index (χ4v) is 2.77. The number of carboxylic acid groups (broad SMARTS) is 1. The average Bonchev–Trinajstić information content (AvgIpc) is 3.11. The fourth-order valence-electron chi connectivity index (χ4n) is 2.77. The largest absolute Gasteiger partial charge is 0.480 e. The van der Waals surface area contributed by atoms with Crippen molar-refractivity contribution < 1.29 is 34.2 Å². The molecule has 174 valence electrons. The Morgan fingerprint density at radius 2 is 2.00 bits per heavy atom. The number of nitrogens with one attached hydrogen (secondary N) is 3. The molecule has 0 aromatic heterocycles. The van der Waals surface area contributed by atoms with E-state index in [1.165, 1.54) is 0 Å². The molecule has 12 heteroatoms. The number of nitrogens with zero attached hydrogens (tertiary/aromatic N) is 1. The summed E-state index contributed by atoms with van der Waals surface area (Å²) in [5.74, 6) is -2.03. The van der Waals surface area contributed by atoms with Crippen LogP contribution in [0.2, 0.25) is 0 Å². The predicted octanol–water partition coefficient (Wildman–Crippen LogP) is -0.0797. The first-order valence-corrected chi connectivity index (χ1v) is 10.0. The smallest absolute Gasteiger partial charge is 0.407 e. The number of aliphatic hydroxyl groups is 1. The number of nitrogens with two attached hydrogens (primary N) is 1.